The molecule has 0 fully saturated rings. The van der Waals surface area contributed by atoms with E-state index >= 15 is 0 Å². The Labute approximate surface area is 122 Å². The molecule has 3 heterocycles. The molecule has 5 nitrogen and oxygen atoms in total. The highest BCUT2D eigenvalue weighted by Gasteiger charge is 2.32. The molecule has 1 N–H and O–H groups in total. The Morgan fingerprint density at radius 2 is 2.40 bits per heavy atom. The molecule has 1 aromatic rings. The first kappa shape index (κ1) is 13.3. The molecule has 104 valence electrons. The van der Waals surface area contributed by atoms with Gasteiger partial charge in [0, 0.05) is 30.9 Å². The molecule has 3 rings (SSSR count). The second-order valence-corrected chi connectivity index (χ2v) is 5.94. The van der Waals surface area contributed by atoms with Crippen LogP contribution in [-0.4, -0.2) is 45.6 Å². The van der Waals surface area contributed by atoms with Gasteiger partial charge in [-0.2, -0.15) is 5.10 Å². The number of hydrogen-bond acceptors (Lipinski definition) is 5. The smallest absolute Gasteiger partial charge is 0.156 e. The molecule has 2 aliphatic heterocycles. The predicted octanol–water partition coefficient (Wildman–Crippen LogP) is 2.34. The largest absolute Gasteiger partial charge is 0.300 e. The van der Waals surface area contributed by atoms with Crippen molar-refractivity contribution in [1.29, 1.82) is 0 Å². The van der Waals surface area contributed by atoms with Crippen LogP contribution in [-0.2, 0) is 0 Å². The Hall–Kier alpha value is -1.69. The van der Waals surface area contributed by atoms with Crippen LogP contribution in [0.25, 0.3) is 0 Å². The van der Waals surface area contributed by atoms with Crippen molar-refractivity contribution in [1.82, 2.24) is 10.2 Å². The quantitative estimate of drug-likeness (QED) is 0.864. The summed E-state index contributed by atoms with van der Waals surface area (Å²) in [6.45, 7) is 2.16. The van der Waals surface area contributed by atoms with Gasteiger partial charge in [-0.15, -0.1) is 0 Å². The first-order chi connectivity index (χ1) is 9.81. The van der Waals surface area contributed by atoms with E-state index in [0.29, 0.717) is 11.2 Å². The fourth-order valence-electron chi connectivity index (χ4n) is 2.32. The highest BCUT2D eigenvalue weighted by molar-refractivity contribution is 8.15. The molecule has 20 heavy (non-hydrogen) atoms. The molecule has 6 heteroatoms. The van der Waals surface area contributed by atoms with Gasteiger partial charge in [0.2, 0.25) is 0 Å². The number of aromatic nitrogens is 2. The van der Waals surface area contributed by atoms with Gasteiger partial charge in [-0.25, -0.2) is 0 Å². The second-order valence-electron chi connectivity index (χ2n) is 4.75. The van der Waals surface area contributed by atoms with Gasteiger partial charge in [0.25, 0.3) is 0 Å². The van der Waals surface area contributed by atoms with Crippen molar-refractivity contribution in [2.24, 2.45) is 20.9 Å². The van der Waals surface area contributed by atoms with E-state index < -0.39 is 0 Å². The normalized spacial score (nSPS) is 26.5. The van der Waals surface area contributed by atoms with E-state index in [1.54, 1.807) is 6.20 Å². The monoisotopic (exact) mass is 287 g/mol. The standard InChI is InChI=1S/C14H17N5S/c1-3-9(6-15-2)14-19-13-12(20-14)5-4-11(18-13)10-7-16-17-8-10/h4-9,12-13H,3H2,1-2H3,(H,16,17)/b15-6-/t9?,12?,13-/m0/s1. The molecule has 0 saturated carbocycles. The number of aliphatic imine (C=N–C) groups is 3. The van der Waals surface area contributed by atoms with Crippen molar-refractivity contribution in [2.75, 3.05) is 7.05 Å². The number of hydrogen-bond donors (Lipinski definition) is 1. The molecule has 2 aliphatic rings. The maximum absolute atomic E-state index is 4.78. The third kappa shape index (κ3) is 2.47. The van der Waals surface area contributed by atoms with Crippen LogP contribution in [0.3, 0.4) is 0 Å². The number of allylic oxidation sites excluding steroid dienone is 1. The summed E-state index contributed by atoms with van der Waals surface area (Å²) in [6.07, 6.45) is 10.9. The predicted molar refractivity (Wildman–Crippen MR) is 85.1 cm³/mol. The fraction of sp³-hybridized carbons (Fsp3) is 0.429. The van der Waals surface area contributed by atoms with Gasteiger partial charge in [0.05, 0.1) is 22.2 Å². The maximum atomic E-state index is 4.78. The molecule has 3 atom stereocenters. The van der Waals surface area contributed by atoms with Crippen LogP contribution in [0, 0.1) is 5.92 Å². The van der Waals surface area contributed by atoms with Gasteiger partial charge in [0.15, 0.2) is 6.17 Å². The van der Waals surface area contributed by atoms with Crippen molar-refractivity contribution in [2.45, 2.75) is 24.8 Å². The van der Waals surface area contributed by atoms with Crippen molar-refractivity contribution >= 4 is 28.7 Å². The van der Waals surface area contributed by atoms with Crippen molar-refractivity contribution < 1.29 is 0 Å². The second kappa shape index (κ2) is 5.75. The third-order valence-electron chi connectivity index (χ3n) is 3.41. The molecule has 1 aromatic heterocycles. The van der Waals surface area contributed by atoms with Crippen LogP contribution in [0.1, 0.15) is 18.9 Å². The van der Waals surface area contributed by atoms with Crippen LogP contribution in [0.5, 0.6) is 0 Å². The molecular formula is C14H17N5S. The molecular weight excluding hydrogens is 270 g/mol. The van der Waals surface area contributed by atoms with Crippen LogP contribution in [0.15, 0.2) is 39.5 Å². The third-order valence-corrected chi connectivity index (χ3v) is 4.73. The summed E-state index contributed by atoms with van der Waals surface area (Å²) in [7, 11) is 1.81. The number of rotatable bonds is 4. The lowest BCUT2D eigenvalue weighted by molar-refractivity contribution is 0.740. The number of nitrogens with zero attached hydrogens (tertiary/aromatic N) is 4. The zero-order chi connectivity index (χ0) is 13.9. The van der Waals surface area contributed by atoms with Gasteiger partial charge in [-0.1, -0.05) is 24.8 Å². The van der Waals surface area contributed by atoms with Crippen LogP contribution in [0.2, 0.25) is 0 Å². The number of nitrogens with one attached hydrogen (secondary N) is 1. The lowest BCUT2D eigenvalue weighted by Gasteiger charge is -2.15. The van der Waals surface area contributed by atoms with Gasteiger partial charge in [-0.05, 0) is 12.5 Å². The maximum Gasteiger partial charge on any atom is 0.156 e. The molecule has 2 unspecified atom stereocenters. The lowest BCUT2D eigenvalue weighted by Crippen LogP contribution is -2.19. The van der Waals surface area contributed by atoms with E-state index in [-0.39, 0.29) is 6.17 Å². The van der Waals surface area contributed by atoms with E-state index in [4.69, 9.17) is 9.98 Å². The minimum absolute atomic E-state index is 0.00999. The van der Waals surface area contributed by atoms with E-state index in [1.807, 2.05) is 31.2 Å². The number of fused-ring (bicyclic) bond motifs is 1. The highest BCUT2D eigenvalue weighted by atomic mass is 32.2. The molecule has 0 aliphatic carbocycles. The Kier molecular flexibility index (Phi) is 3.82. The summed E-state index contributed by atoms with van der Waals surface area (Å²) >= 11 is 1.81. The fourth-order valence-corrected chi connectivity index (χ4v) is 3.57. The summed E-state index contributed by atoms with van der Waals surface area (Å²) in [5.74, 6) is 0.316. The van der Waals surface area contributed by atoms with Gasteiger partial charge in [-0.3, -0.25) is 15.1 Å². The average molecular weight is 287 g/mol. The number of H-pyrrole nitrogens is 1. The molecule has 0 spiro atoms. The zero-order valence-electron chi connectivity index (χ0n) is 11.5. The first-order valence-electron chi connectivity index (χ1n) is 6.73. The molecule has 0 radical (unpaired) electrons. The van der Waals surface area contributed by atoms with E-state index in [0.717, 1.165) is 22.7 Å². The number of dihydropyridines is 1. The Morgan fingerprint density at radius 3 is 3.10 bits per heavy atom. The molecule has 0 saturated heterocycles. The van der Waals surface area contributed by atoms with Gasteiger partial charge in [0.1, 0.15) is 0 Å². The molecule has 0 amide bonds. The van der Waals surface area contributed by atoms with Gasteiger partial charge < -0.3 is 4.99 Å². The van der Waals surface area contributed by atoms with Crippen LogP contribution < -0.4 is 0 Å². The Morgan fingerprint density at radius 1 is 1.50 bits per heavy atom. The topological polar surface area (TPSA) is 65.8 Å². The number of thioether (sulfide) groups is 1. The van der Waals surface area contributed by atoms with Gasteiger partial charge >= 0.3 is 0 Å². The zero-order valence-corrected chi connectivity index (χ0v) is 12.3. The van der Waals surface area contributed by atoms with E-state index in [1.165, 1.54) is 0 Å². The summed E-state index contributed by atoms with van der Waals surface area (Å²) in [5, 5.41) is 8.25. The van der Waals surface area contributed by atoms with Crippen LogP contribution in [0.4, 0.5) is 0 Å². The first-order valence-corrected chi connectivity index (χ1v) is 7.61. The number of aromatic amines is 1. The average Bonchev–Trinajstić information content (AvgIpc) is 3.12. The Balaban J connectivity index is 1.83. The summed E-state index contributed by atoms with van der Waals surface area (Å²) in [5.41, 5.74) is 1.96. The van der Waals surface area contributed by atoms with E-state index in [9.17, 15) is 0 Å². The summed E-state index contributed by atoms with van der Waals surface area (Å²) in [6, 6.07) is 0. The summed E-state index contributed by atoms with van der Waals surface area (Å²) < 4.78 is 0. The Bertz CT molecular complexity index is 585. The SMILES string of the molecule is CCC(/C=N\C)C1=N[C@@H]2N=C(c3cn[nH]c3)C=CC2S1. The van der Waals surface area contributed by atoms with Crippen LogP contribution >= 0.6 is 11.8 Å². The molecule has 0 bridgehead atoms. The minimum Gasteiger partial charge on any atom is -0.300 e. The van der Waals surface area contributed by atoms with Crippen molar-refractivity contribution in [3.05, 3.63) is 30.1 Å². The van der Waals surface area contributed by atoms with Crippen molar-refractivity contribution in [3.8, 4) is 0 Å². The minimum atomic E-state index is -0.00999. The summed E-state index contributed by atoms with van der Waals surface area (Å²) in [4.78, 5) is 13.6. The lowest BCUT2D eigenvalue weighted by atomic mass is 10.1. The molecule has 0 aromatic carbocycles. The van der Waals surface area contributed by atoms with E-state index in [2.05, 4.69) is 34.3 Å². The van der Waals surface area contributed by atoms with Crippen molar-refractivity contribution in [3.63, 3.8) is 0 Å². The highest BCUT2D eigenvalue weighted by Crippen LogP contribution is 2.35.